The Balaban J connectivity index is 2.17. The molecule has 2 heterocycles. The number of carbonyl (C=O) groups excluding carboxylic acids is 1. The Labute approximate surface area is 141 Å². The summed E-state index contributed by atoms with van der Waals surface area (Å²) in [6, 6.07) is -1.27. The molecule has 5 atom stereocenters. The van der Waals surface area contributed by atoms with Crippen LogP contribution in [-0.4, -0.2) is 89.5 Å². The van der Waals surface area contributed by atoms with Crippen molar-refractivity contribution in [3.63, 3.8) is 0 Å². The van der Waals surface area contributed by atoms with E-state index in [4.69, 9.17) is 14.9 Å². The van der Waals surface area contributed by atoms with Gasteiger partial charge in [-0.25, -0.2) is 9.48 Å². The first-order chi connectivity index (χ1) is 11.8. The number of amides is 1. The molecule has 1 aromatic heterocycles. The highest BCUT2D eigenvalue weighted by Gasteiger charge is 2.43. The molecule has 0 aliphatic carbocycles. The Morgan fingerprint density at radius 3 is 2.68 bits per heavy atom. The van der Waals surface area contributed by atoms with Gasteiger partial charge in [0.05, 0.1) is 18.8 Å². The van der Waals surface area contributed by atoms with Gasteiger partial charge in [-0.15, -0.1) is 5.10 Å². The van der Waals surface area contributed by atoms with Gasteiger partial charge in [-0.2, -0.15) is 0 Å². The molecule has 138 valence electrons. The fourth-order valence-corrected chi connectivity index (χ4v) is 2.31. The standard InChI is InChI=1S/C13H18N4O8/c18-5-7(20)11(22)12-10(6(19)3-8(25-12)13(23)24)15-9(21)4-17-2-1-14-16-17/h1-3,6-7,10-12,18-20,22H,4-5H2,(H,15,21)(H,23,24)/t6-,7+,10+,11+,12+/m0/s1. The summed E-state index contributed by atoms with van der Waals surface area (Å²) in [7, 11) is 0. The normalized spacial score (nSPS) is 25.4. The van der Waals surface area contributed by atoms with Gasteiger partial charge in [0.1, 0.15) is 24.9 Å². The number of carboxylic acid groups (broad SMARTS) is 1. The first-order valence-corrected chi connectivity index (χ1v) is 7.23. The average Bonchev–Trinajstić information content (AvgIpc) is 3.07. The van der Waals surface area contributed by atoms with Crippen molar-refractivity contribution in [3.05, 3.63) is 24.2 Å². The maximum Gasteiger partial charge on any atom is 0.370 e. The van der Waals surface area contributed by atoms with Crippen molar-refractivity contribution >= 4 is 11.9 Å². The van der Waals surface area contributed by atoms with Crippen LogP contribution in [0.3, 0.4) is 0 Å². The van der Waals surface area contributed by atoms with Crippen LogP contribution in [0.1, 0.15) is 0 Å². The molecule has 2 rings (SSSR count). The van der Waals surface area contributed by atoms with Crippen LogP contribution in [0.4, 0.5) is 0 Å². The van der Waals surface area contributed by atoms with Crippen molar-refractivity contribution in [2.45, 2.75) is 37.0 Å². The van der Waals surface area contributed by atoms with Gasteiger partial charge in [0, 0.05) is 6.20 Å². The highest BCUT2D eigenvalue weighted by molar-refractivity contribution is 5.84. The number of aromatic nitrogens is 3. The maximum absolute atomic E-state index is 12.1. The van der Waals surface area contributed by atoms with Crippen LogP contribution in [0.5, 0.6) is 0 Å². The minimum atomic E-state index is -1.76. The highest BCUT2D eigenvalue weighted by atomic mass is 16.5. The van der Waals surface area contributed by atoms with E-state index >= 15 is 0 Å². The molecule has 0 fully saturated rings. The van der Waals surface area contributed by atoms with Crippen molar-refractivity contribution in [3.8, 4) is 0 Å². The molecule has 0 radical (unpaired) electrons. The number of rotatable bonds is 7. The van der Waals surface area contributed by atoms with Gasteiger partial charge in [0.15, 0.2) is 6.10 Å². The van der Waals surface area contributed by atoms with Crippen LogP contribution in [0.25, 0.3) is 0 Å². The van der Waals surface area contributed by atoms with Crippen molar-refractivity contribution in [2.75, 3.05) is 6.61 Å². The minimum Gasteiger partial charge on any atom is -0.478 e. The first-order valence-electron chi connectivity index (χ1n) is 7.23. The molecule has 12 nitrogen and oxygen atoms in total. The molecule has 0 saturated heterocycles. The lowest BCUT2D eigenvalue weighted by Crippen LogP contribution is -2.60. The second kappa shape index (κ2) is 8.02. The van der Waals surface area contributed by atoms with Crippen LogP contribution < -0.4 is 5.32 Å². The molecule has 1 amide bonds. The lowest BCUT2D eigenvalue weighted by atomic mass is 9.94. The zero-order chi connectivity index (χ0) is 18.6. The summed E-state index contributed by atoms with van der Waals surface area (Å²) in [5.41, 5.74) is 0. The largest absolute Gasteiger partial charge is 0.478 e. The molecule has 0 aromatic carbocycles. The summed E-state index contributed by atoms with van der Waals surface area (Å²) >= 11 is 0. The van der Waals surface area contributed by atoms with Gasteiger partial charge in [-0.1, -0.05) is 5.21 Å². The number of nitrogens with one attached hydrogen (secondary N) is 1. The van der Waals surface area contributed by atoms with E-state index in [0.29, 0.717) is 0 Å². The number of carboxylic acids is 1. The van der Waals surface area contributed by atoms with Gasteiger partial charge in [-0.05, 0) is 6.08 Å². The SMILES string of the molecule is O=C(Cn1ccnn1)N[C@H]1[C@H]([C@H](O)[C@H](O)CO)OC(C(=O)O)=C[C@@H]1O. The predicted octanol–water partition coefficient (Wildman–Crippen LogP) is -3.79. The number of hydrogen-bond donors (Lipinski definition) is 6. The molecule has 0 spiro atoms. The van der Waals surface area contributed by atoms with Gasteiger partial charge in [-0.3, -0.25) is 4.79 Å². The third-order valence-electron chi connectivity index (χ3n) is 3.54. The summed E-state index contributed by atoms with van der Waals surface area (Å²) in [6.45, 7) is -1.08. The van der Waals surface area contributed by atoms with E-state index < -0.39 is 54.7 Å². The molecule has 1 aliphatic rings. The fourth-order valence-electron chi connectivity index (χ4n) is 2.31. The Morgan fingerprint density at radius 1 is 1.40 bits per heavy atom. The summed E-state index contributed by atoms with van der Waals surface area (Å²) < 4.78 is 6.29. The molecule has 25 heavy (non-hydrogen) atoms. The van der Waals surface area contributed by atoms with E-state index in [1.165, 1.54) is 17.1 Å². The monoisotopic (exact) mass is 358 g/mol. The Kier molecular flexibility index (Phi) is 6.03. The summed E-state index contributed by atoms with van der Waals surface area (Å²) in [5.74, 6) is -2.77. The quantitative estimate of drug-likeness (QED) is 0.282. The van der Waals surface area contributed by atoms with Crippen LogP contribution in [0, 0.1) is 0 Å². The van der Waals surface area contributed by atoms with E-state index in [1.54, 1.807) is 0 Å². The van der Waals surface area contributed by atoms with E-state index in [1.807, 2.05) is 0 Å². The predicted molar refractivity (Wildman–Crippen MR) is 77.7 cm³/mol. The number of carbonyl (C=O) groups is 2. The molecular weight excluding hydrogens is 340 g/mol. The Morgan fingerprint density at radius 2 is 2.12 bits per heavy atom. The van der Waals surface area contributed by atoms with Gasteiger partial charge >= 0.3 is 5.97 Å². The Hall–Kier alpha value is -2.54. The number of nitrogens with zero attached hydrogens (tertiary/aromatic N) is 3. The second-order valence-corrected chi connectivity index (χ2v) is 5.34. The molecular formula is C13H18N4O8. The third kappa shape index (κ3) is 4.51. The topological polar surface area (TPSA) is 187 Å². The van der Waals surface area contributed by atoms with Crippen molar-refractivity contribution in [1.82, 2.24) is 20.3 Å². The second-order valence-electron chi connectivity index (χ2n) is 5.34. The summed E-state index contributed by atoms with van der Waals surface area (Å²) in [5, 5.41) is 57.2. The molecule has 6 N–H and O–H groups in total. The van der Waals surface area contributed by atoms with E-state index in [0.717, 1.165) is 6.08 Å². The number of hydrogen-bond acceptors (Lipinski definition) is 9. The summed E-state index contributed by atoms with van der Waals surface area (Å²) in [4.78, 5) is 23.1. The number of aliphatic hydroxyl groups is 4. The zero-order valence-electron chi connectivity index (χ0n) is 12.8. The van der Waals surface area contributed by atoms with E-state index in [9.17, 15) is 24.9 Å². The lowest BCUT2D eigenvalue weighted by Gasteiger charge is -2.38. The molecule has 0 bridgehead atoms. The number of aliphatic carboxylic acids is 1. The number of ether oxygens (including phenoxy) is 1. The molecule has 1 aliphatic heterocycles. The van der Waals surface area contributed by atoms with Crippen LogP contribution in [0.2, 0.25) is 0 Å². The van der Waals surface area contributed by atoms with Crippen LogP contribution >= 0.6 is 0 Å². The van der Waals surface area contributed by atoms with Crippen molar-refractivity contribution in [1.29, 1.82) is 0 Å². The smallest absolute Gasteiger partial charge is 0.370 e. The van der Waals surface area contributed by atoms with E-state index in [2.05, 4.69) is 15.6 Å². The number of aliphatic hydroxyl groups excluding tert-OH is 4. The lowest BCUT2D eigenvalue weighted by molar-refractivity contribution is -0.149. The molecule has 1 aromatic rings. The average molecular weight is 358 g/mol. The van der Waals surface area contributed by atoms with Gasteiger partial charge < -0.3 is 35.6 Å². The summed E-state index contributed by atoms with van der Waals surface area (Å²) in [6.07, 6.45) is -2.80. The highest BCUT2D eigenvalue weighted by Crippen LogP contribution is 2.23. The van der Waals surface area contributed by atoms with Crippen molar-refractivity contribution in [2.24, 2.45) is 0 Å². The first kappa shape index (κ1) is 18.8. The molecule has 0 unspecified atom stereocenters. The van der Waals surface area contributed by atoms with Crippen molar-refractivity contribution < 1.29 is 39.9 Å². The molecule has 0 saturated carbocycles. The third-order valence-corrected chi connectivity index (χ3v) is 3.54. The van der Waals surface area contributed by atoms with Crippen LogP contribution in [-0.2, 0) is 20.9 Å². The zero-order valence-corrected chi connectivity index (χ0v) is 12.8. The van der Waals surface area contributed by atoms with Gasteiger partial charge in [0.2, 0.25) is 11.7 Å². The van der Waals surface area contributed by atoms with E-state index in [-0.39, 0.29) is 6.54 Å². The van der Waals surface area contributed by atoms with Crippen LogP contribution in [0.15, 0.2) is 24.2 Å². The fraction of sp³-hybridized carbons (Fsp3) is 0.538. The Bertz CT molecular complexity index is 634. The maximum atomic E-state index is 12.1. The van der Waals surface area contributed by atoms with Gasteiger partial charge in [0.25, 0.3) is 0 Å². The minimum absolute atomic E-state index is 0.246. The molecule has 12 heteroatoms.